The summed E-state index contributed by atoms with van der Waals surface area (Å²) in [6, 6.07) is 6.81. The largest absolute Gasteiger partial charge is 0.396 e. The van der Waals surface area contributed by atoms with Crippen LogP contribution in [-0.4, -0.2) is 78.3 Å². The van der Waals surface area contributed by atoms with Gasteiger partial charge in [-0.25, -0.2) is 0 Å². The van der Waals surface area contributed by atoms with Gasteiger partial charge in [-0.15, -0.1) is 0 Å². The number of carbonyl (C=O) groups is 3. The van der Waals surface area contributed by atoms with Crippen molar-refractivity contribution < 1.29 is 24.2 Å². The normalized spacial score (nSPS) is 30.9. The number of hydrogen-bond acceptors (Lipinski definition) is 6. The molecule has 0 aromatic heterocycles. The van der Waals surface area contributed by atoms with Crippen molar-refractivity contribution in [1.82, 2.24) is 10.2 Å². The number of carbonyl (C=O) groups excluding carboxylic acids is 3. The van der Waals surface area contributed by atoms with Gasteiger partial charge in [-0.1, -0.05) is 6.92 Å². The molecule has 9 nitrogen and oxygen atoms in total. The third-order valence-corrected chi connectivity index (χ3v) is 8.28. The molecule has 3 aliphatic heterocycles. The quantitative estimate of drug-likeness (QED) is 0.465. The summed E-state index contributed by atoms with van der Waals surface area (Å²) in [4.78, 5) is 44.2. The van der Waals surface area contributed by atoms with Crippen molar-refractivity contribution >= 4 is 29.1 Å². The first-order valence-corrected chi connectivity index (χ1v) is 12.8. The SMILES string of the molecule is CCN(CC)c1ccc(NC(=O)C2N(CCCO)C(=O)[C@@H]3[C@@H](C(=O)NC)[C@@]4(CC)CCC23O4)cc1. The highest BCUT2D eigenvalue weighted by Gasteiger charge is 2.78. The molecule has 0 radical (unpaired) electrons. The van der Waals surface area contributed by atoms with Gasteiger partial charge in [0.05, 0.1) is 17.4 Å². The Morgan fingerprint density at radius 2 is 1.83 bits per heavy atom. The van der Waals surface area contributed by atoms with Crippen LogP contribution in [0.1, 0.15) is 46.5 Å². The Labute approximate surface area is 207 Å². The lowest BCUT2D eigenvalue weighted by molar-refractivity contribution is -0.146. The molecule has 2 bridgehead atoms. The predicted octanol–water partition coefficient (Wildman–Crippen LogP) is 1.75. The molecule has 9 heteroatoms. The Morgan fingerprint density at radius 1 is 1.14 bits per heavy atom. The summed E-state index contributed by atoms with van der Waals surface area (Å²) in [7, 11) is 1.57. The van der Waals surface area contributed by atoms with E-state index in [4.69, 9.17) is 4.74 Å². The van der Waals surface area contributed by atoms with Gasteiger partial charge >= 0.3 is 0 Å². The molecular weight excluding hydrogens is 448 g/mol. The average Bonchev–Trinajstić information content (AvgIpc) is 3.47. The van der Waals surface area contributed by atoms with Crippen molar-refractivity contribution in [3.05, 3.63) is 24.3 Å². The Morgan fingerprint density at radius 3 is 2.40 bits per heavy atom. The number of ether oxygens (including phenoxy) is 1. The smallest absolute Gasteiger partial charge is 0.250 e. The molecule has 3 amide bonds. The summed E-state index contributed by atoms with van der Waals surface area (Å²) in [5.41, 5.74) is -0.0810. The van der Waals surface area contributed by atoms with Crippen LogP contribution in [0.15, 0.2) is 24.3 Å². The monoisotopic (exact) mass is 486 g/mol. The first-order chi connectivity index (χ1) is 16.8. The maximum Gasteiger partial charge on any atom is 0.250 e. The van der Waals surface area contributed by atoms with Crippen molar-refractivity contribution in [1.29, 1.82) is 0 Å². The van der Waals surface area contributed by atoms with Crippen LogP contribution >= 0.6 is 0 Å². The molecule has 1 aromatic carbocycles. The van der Waals surface area contributed by atoms with Crippen LogP contribution in [-0.2, 0) is 19.1 Å². The predicted molar refractivity (Wildman–Crippen MR) is 133 cm³/mol. The summed E-state index contributed by atoms with van der Waals surface area (Å²) in [5, 5.41) is 15.1. The number of aliphatic hydroxyl groups excluding tert-OH is 1. The van der Waals surface area contributed by atoms with E-state index < -0.39 is 29.1 Å². The van der Waals surface area contributed by atoms with E-state index in [0.717, 1.165) is 18.8 Å². The molecule has 3 aliphatic rings. The first kappa shape index (κ1) is 25.4. The molecule has 3 N–H and O–H groups in total. The molecule has 5 atom stereocenters. The van der Waals surface area contributed by atoms with E-state index in [1.54, 1.807) is 7.05 Å². The molecule has 192 valence electrons. The average molecular weight is 487 g/mol. The van der Waals surface area contributed by atoms with Crippen LogP contribution in [0.25, 0.3) is 0 Å². The van der Waals surface area contributed by atoms with E-state index in [-0.39, 0.29) is 30.9 Å². The van der Waals surface area contributed by atoms with Crippen LogP contribution in [0.2, 0.25) is 0 Å². The van der Waals surface area contributed by atoms with Crippen molar-refractivity contribution in [3.8, 4) is 0 Å². The molecule has 4 rings (SSSR count). The van der Waals surface area contributed by atoms with Crippen molar-refractivity contribution in [2.45, 2.75) is 63.7 Å². The maximum absolute atomic E-state index is 13.8. The van der Waals surface area contributed by atoms with Gasteiger partial charge in [-0.05, 0) is 63.8 Å². The Bertz CT molecular complexity index is 965. The topological polar surface area (TPSA) is 111 Å². The zero-order valence-electron chi connectivity index (χ0n) is 21.2. The third kappa shape index (κ3) is 3.89. The number of nitrogens with zero attached hydrogens (tertiary/aromatic N) is 2. The number of rotatable bonds is 10. The van der Waals surface area contributed by atoms with E-state index in [1.165, 1.54) is 4.90 Å². The molecule has 1 aromatic rings. The molecule has 3 saturated heterocycles. The Kier molecular flexibility index (Phi) is 7.11. The van der Waals surface area contributed by atoms with Gasteiger partial charge < -0.3 is 30.3 Å². The number of benzene rings is 1. The second-order valence-corrected chi connectivity index (χ2v) is 9.76. The molecule has 2 unspecified atom stereocenters. The van der Waals surface area contributed by atoms with Gasteiger partial charge in [0.2, 0.25) is 17.7 Å². The lowest BCUT2D eigenvalue weighted by atomic mass is 9.65. The van der Waals surface area contributed by atoms with Crippen molar-refractivity contribution in [3.63, 3.8) is 0 Å². The summed E-state index contributed by atoms with van der Waals surface area (Å²) in [6.07, 6.45) is 2.11. The van der Waals surface area contributed by atoms with Gasteiger partial charge in [0, 0.05) is 44.7 Å². The fourth-order valence-corrected chi connectivity index (χ4v) is 6.61. The summed E-state index contributed by atoms with van der Waals surface area (Å²) in [5.74, 6) is -2.13. The third-order valence-electron chi connectivity index (χ3n) is 8.28. The van der Waals surface area contributed by atoms with Crippen molar-refractivity contribution in [2.75, 3.05) is 43.5 Å². The van der Waals surface area contributed by atoms with Gasteiger partial charge in [0.25, 0.3) is 0 Å². The minimum atomic E-state index is -1.05. The lowest BCUT2D eigenvalue weighted by Crippen LogP contribution is -2.53. The van der Waals surface area contributed by atoms with Gasteiger partial charge in [0.1, 0.15) is 11.6 Å². The Hall–Kier alpha value is -2.65. The maximum atomic E-state index is 13.8. The minimum Gasteiger partial charge on any atom is -0.396 e. The molecule has 0 saturated carbocycles. The van der Waals surface area contributed by atoms with Gasteiger partial charge in [-0.2, -0.15) is 0 Å². The van der Waals surface area contributed by atoms with Gasteiger partial charge in [0.15, 0.2) is 0 Å². The summed E-state index contributed by atoms with van der Waals surface area (Å²) < 4.78 is 6.63. The molecule has 35 heavy (non-hydrogen) atoms. The second kappa shape index (κ2) is 9.78. The number of hydrogen-bond donors (Lipinski definition) is 3. The minimum absolute atomic E-state index is 0.0960. The number of anilines is 2. The number of aliphatic hydroxyl groups is 1. The highest BCUT2D eigenvalue weighted by molar-refractivity contribution is 6.03. The van der Waals surface area contributed by atoms with E-state index >= 15 is 0 Å². The van der Waals surface area contributed by atoms with E-state index in [2.05, 4.69) is 29.4 Å². The lowest BCUT2D eigenvalue weighted by Gasteiger charge is -2.33. The Balaban J connectivity index is 1.66. The van der Waals surface area contributed by atoms with Crippen LogP contribution in [0.5, 0.6) is 0 Å². The van der Waals surface area contributed by atoms with Crippen LogP contribution in [0.3, 0.4) is 0 Å². The van der Waals surface area contributed by atoms with E-state index in [0.29, 0.717) is 31.4 Å². The molecule has 3 fully saturated rings. The molecular formula is C26H38N4O5. The standard InChI is InChI=1S/C26H38N4O5/c1-5-25-13-14-26(35-25)20(19(25)22(32)27-4)24(34)30(15-8-16-31)21(26)23(33)28-17-9-11-18(12-10-17)29(6-2)7-3/h9-12,19-21,31H,5-8,13-16H2,1-4H3,(H,27,32)(H,28,33)/t19-,20-,21?,25+,26?/m0/s1. The highest BCUT2D eigenvalue weighted by atomic mass is 16.5. The molecule has 3 heterocycles. The summed E-state index contributed by atoms with van der Waals surface area (Å²) in [6.45, 7) is 8.07. The number of amides is 3. The van der Waals surface area contributed by atoms with Crippen molar-refractivity contribution in [2.24, 2.45) is 11.8 Å². The van der Waals surface area contributed by atoms with E-state index in [1.807, 2.05) is 31.2 Å². The fraction of sp³-hybridized carbons (Fsp3) is 0.654. The van der Waals surface area contributed by atoms with Crippen LogP contribution < -0.4 is 15.5 Å². The van der Waals surface area contributed by atoms with E-state index in [9.17, 15) is 19.5 Å². The highest BCUT2D eigenvalue weighted by Crippen LogP contribution is 2.64. The zero-order chi connectivity index (χ0) is 25.4. The molecule has 1 spiro atoms. The number of fused-ring (bicyclic) bond motifs is 1. The summed E-state index contributed by atoms with van der Waals surface area (Å²) >= 11 is 0. The number of nitrogens with one attached hydrogen (secondary N) is 2. The second-order valence-electron chi connectivity index (χ2n) is 9.76. The van der Waals surface area contributed by atoms with Crippen LogP contribution in [0.4, 0.5) is 11.4 Å². The van der Waals surface area contributed by atoms with Crippen LogP contribution in [0, 0.1) is 11.8 Å². The fourth-order valence-electron chi connectivity index (χ4n) is 6.61. The van der Waals surface area contributed by atoms with Gasteiger partial charge in [-0.3, -0.25) is 14.4 Å². The first-order valence-electron chi connectivity index (χ1n) is 12.8. The number of likely N-dealkylation sites (tertiary alicyclic amines) is 1. The zero-order valence-corrected chi connectivity index (χ0v) is 21.2. The molecule has 0 aliphatic carbocycles.